The van der Waals surface area contributed by atoms with Crippen LogP contribution >= 0.6 is 0 Å². The zero-order chi connectivity index (χ0) is 23.1. The van der Waals surface area contributed by atoms with E-state index in [0.717, 1.165) is 18.4 Å². The molecule has 0 bridgehead atoms. The lowest BCUT2D eigenvalue weighted by Crippen LogP contribution is -2.46. The summed E-state index contributed by atoms with van der Waals surface area (Å²) in [6.07, 6.45) is 2.78. The molecule has 1 atom stereocenters. The number of carbonyl (C=O) groups is 2. The quantitative estimate of drug-likeness (QED) is 0.620. The third-order valence-electron chi connectivity index (χ3n) is 5.57. The number of sulfonamides is 1. The molecule has 9 heteroatoms. The minimum absolute atomic E-state index is 0.0931. The summed E-state index contributed by atoms with van der Waals surface area (Å²) in [6, 6.07) is 12.5. The largest absolute Gasteiger partial charge is 0.348 e. The highest BCUT2D eigenvalue weighted by atomic mass is 32.2. The van der Waals surface area contributed by atoms with Gasteiger partial charge in [-0.25, -0.2) is 12.8 Å². The van der Waals surface area contributed by atoms with Gasteiger partial charge in [-0.2, -0.15) is 4.31 Å². The Balaban J connectivity index is 1.53. The van der Waals surface area contributed by atoms with Gasteiger partial charge < -0.3 is 10.6 Å². The minimum atomic E-state index is -3.63. The maximum atomic E-state index is 13.6. The molecule has 1 heterocycles. The van der Waals surface area contributed by atoms with Crippen LogP contribution in [-0.4, -0.2) is 43.7 Å². The zero-order valence-electron chi connectivity index (χ0n) is 18.0. The number of piperidine rings is 1. The lowest BCUT2D eigenvalue weighted by atomic mass is 10.0. The van der Waals surface area contributed by atoms with Crippen LogP contribution in [0, 0.1) is 12.7 Å². The van der Waals surface area contributed by atoms with Crippen LogP contribution in [-0.2, 0) is 26.2 Å². The molecule has 1 fully saturated rings. The van der Waals surface area contributed by atoms with E-state index in [2.05, 4.69) is 10.6 Å². The van der Waals surface area contributed by atoms with Gasteiger partial charge in [0, 0.05) is 31.2 Å². The zero-order valence-corrected chi connectivity index (χ0v) is 18.8. The second kappa shape index (κ2) is 10.7. The lowest BCUT2D eigenvalue weighted by molar-refractivity contribution is -0.139. The van der Waals surface area contributed by atoms with Crippen molar-refractivity contribution in [3.8, 4) is 0 Å². The molecule has 0 radical (unpaired) electrons. The Labute approximate surface area is 188 Å². The van der Waals surface area contributed by atoms with Gasteiger partial charge in [-0.1, -0.05) is 42.3 Å². The summed E-state index contributed by atoms with van der Waals surface area (Å²) in [5.41, 5.74) is 1.27. The standard InChI is InChI=1S/C23H28FN3O4S/c1-17-9-11-20(12-10-17)32(30,31)27-15-5-4-7-19(27)13-14-25-22(28)23(29)26-16-18-6-2-3-8-21(18)24/h2-3,6,8-12,19H,4-5,7,13-16H2,1H3,(H,25,28)(H,26,29). The van der Waals surface area contributed by atoms with E-state index in [1.54, 1.807) is 36.4 Å². The molecule has 2 N–H and O–H groups in total. The Morgan fingerprint density at radius 2 is 1.72 bits per heavy atom. The van der Waals surface area contributed by atoms with E-state index in [1.165, 1.54) is 16.4 Å². The number of hydrogen-bond donors (Lipinski definition) is 2. The number of nitrogens with one attached hydrogen (secondary N) is 2. The van der Waals surface area contributed by atoms with Crippen molar-refractivity contribution in [2.75, 3.05) is 13.1 Å². The fourth-order valence-corrected chi connectivity index (χ4v) is 5.48. The monoisotopic (exact) mass is 461 g/mol. The first-order chi connectivity index (χ1) is 15.3. The number of aryl methyl sites for hydroxylation is 1. The fourth-order valence-electron chi connectivity index (χ4n) is 3.75. The second-order valence-corrected chi connectivity index (χ2v) is 9.79. The molecule has 1 unspecified atom stereocenters. The summed E-state index contributed by atoms with van der Waals surface area (Å²) in [4.78, 5) is 24.3. The molecule has 1 aliphatic rings. The molecule has 0 saturated carbocycles. The van der Waals surface area contributed by atoms with Crippen LogP contribution in [0.25, 0.3) is 0 Å². The molecule has 172 valence electrons. The van der Waals surface area contributed by atoms with Crippen LogP contribution in [0.1, 0.15) is 36.8 Å². The smallest absolute Gasteiger partial charge is 0.309 e. The topological polar surface area (TPSA) is 95.6 Å². The van der Waals surface area contributed by atoms with Crippen LogP contribution in [0.4, 0.5) is 4.39 Å². The summed E-state index contributed by atoms with van der Waals surface area (Å²) < 4.78 is 41.3. The summed E-state index contributed by atoms with van der Waals surface area (Å²) in [7, 11) is -3.63. The molecule has 2 aromatic rings. The molecule has 32 heavy (non-hydrogen) atoms. The average molecular weight is 462 g/mol. The van der Waals surface area contributed by atoms with Crippen molar-refractivity contribution in [3.63, 3.8) is 0 Å². The molecule has 3 rings (SSSR count). The third kappa shape index (κ3) is 5.92. The Kier molecular flexibility index (Phi) is 7.98. The number of nitrogens with zero attached hydrogens (tertiary/aromatic N) is 1. The molecule has 0 aromatic heterocycles. The molecule has 2 amide bonds. The van der Waals surface area contributed by atoms with Crippen molar-refractivity contribution in [1.29, 1.82) is 0 Å². The maximum absolute atomic E-state index is 13.6. The highest BCUT2D eigenvalue weighted by Crippen LogP contribution is 2.27. The van der Waals surface area contributed by atoms with Crippen LogP contribution in [0.5, 0.6) is 0 Å². The van der Waals surface area contributed by atoms with Gasteiger partial charge in [-0.3, -0.25) is 9.59 Å². The highest BCUT2D eigenvalue weighted by molar-refractivity contribution is 7.89. The number of rotatable bonds is 7. The van der Waals surface area contributed by atoms with E-state index in [9.17, 15) is 22.4 Å². The normalized spacial score (nSPS) is 17.0. The van der Waals surface area contributed by atoms with Gasteiger partial charge in [0.1, 0.15) is 5.82 Å². The summed E-state index contributed by atoms with van der Waals surface area (Å²) in [5.74, 6) is -2.15. The molecular weight excluding hydrogens is 433 g/mol. The minimum Gasteiger partial charge on any atom is -0.348 e. The SMILES string of the molecule is Cc1ccc(S(=O)(=O)N2CCCCC2CCNC(=O)C(=O)NCc2ccccc2F)cc1. The van der Waals surface area contributed by atoms with Crippen molar-refractivity contribution in [2.45, 2.75) is 50.1 Å². The van der Waals surface area contributed by atoms with Crippen LogP contribution in [0.15, 0.2) is 53.4 Å². The summed E-state index contributed by atoms with van der Waals surface area (Å²) >= 11 is 0. The van der Waals surface area contributed by atoms with Crippen molar-refractivity contribution >= 4 is 21.8 Å². The number of benzene rings is 2. The van der Waals surface area contributed by atoms with Crippen LogP contribution in [0.2, 0.25) is 0 Å². The highest BCUT2D eigenvalue weighted by Gasteiger charge is 2.33. The Morgan fingerprint density at radius 1 is 1.03 bits per heavy atom. The van der Waals surface area contributed by atoms with Crippen molar-refractivity contribution < 1.29 is 22.4 Å². The summed E-state index contributed by atoms with van der Waals surface area (Å²) in [5, 5.41) is 4.92. The second-order valence-electron chi connectivity index (χ2n) is 7.90. The van der Waals surface area contributed by atoms with Crippen molar-refractivity contribution in [3.05, 3.63) is 65.5 Å². The Hall–Kier alpha value is -2.78. The van der Waals surface area contributed by atoms with Gasteiger partial charge in [0.05, 0.1) is 4.90 Å². The third-order valence-corrected chi connectivity index (χ3v) is 7.53. The Bertz CT molecular complexity index is 1060. The predicted molar refractivity (Wildman–Crippen MR) is 119 cm³/mol. The van der Waals surface area contributed by atoms with E-state index in [1.807, 2.05) is 6.92 Å². The van der Waals surface area contributed by atoms with E-state index < -0.39 is 27.7 Å². The van der Waals surface area contributed by atoms with Crippen molar-refractivity contribution in [2.24, 2.45) is 0 Å². The van der Waals surface area contributed by atoms with Crippen molar-refractivity contribution in [1.82, 2.24) is 14.9 Å². The Morgan fingerprint density at radius 3 is 2.44 bits per heavy atom. The first-order valence-electron chi connectivity index (χ1n) is 10.7. The van der Waals surface area contributed by atoms with E-state index in [4.69, 9.17) is 0 Å². The molecule has 7 nitrogen and oxygen atoms in total. The number of halogens is 1. The van der Waals surface area contributed by atoms with Gasteiger partial charge >= 0.3 is 11.8 Å². The molecule has 1 aliphatic heterocycles. The van der Waals surface area contributed by atoms with Crippen LogP contribution in [0.3, 0.4) is 0 Å². The van der Waals surface area contributed by atoms with E-state index in [0.29, 0.717) is 19.4 Å². The molecule has 1 saturated heterocycles. The van der Waals surface area contributed by atoms with Gasteiger partial charge in [-0.05, 0) is 44.4 Å². The first-order valence-corrected chi connectivity index (χ1v) is 12.1. The number of amides is 2. The molecule has 0 aliphatic carbocycles. The predicted octanol–water partition coefficient (Wildman–Crippen LogP) is 2.50. The lowest BCUT2D eigenvalue weighted by Gasteiger charge is -2.34. The summed E-state index contributed by atoms with van der Waals surface area (Å²) in [6.45, 7) is 2.40. The maximum Gasteiger partial charge on any atom is 0.309 e. The average Bonchev–Trinajstić information content (AvgIpc) is 2.79. The van der Waals surface area contributed by atoms with Gasteiger partial charge in [0.2, 0.25) is 10.0 Å². The van der Waals surface area contributed by atoms with E-state index in [-0.39, 0.29) is 29.6 Å². The molecule has 2 aromatic carbocycles. The van der Waals surface area contributed by atoms with E-state index >= 15 is 0 Å². The van der Waals surface area contributed by atoms with Gasteiger partial charge in [0.25, 0.3) is 0 Å². The fraction of sp³-hybridized carbons (Fsp3) is 0.391. The number of hydrogen-bond acceptors (Lipinski definition) is 4. The molecular formula is C23H28FN3O4S. The van der Waals surface area contributed by atoms with Gasteiger partial charge in [-0.15, -0.1) is 0 Å². The number of carbonyl (C=O) groups excluding carboxylic acids is 2. The van der Waals surface area contributed by atoms with Crippen LogP contribution < -0.4 is 10.6 Å². The molecule has 0 spiro atoms. The van der Waals surface area contributed by atoms with Gasteiger partial charge in [0.15, 0.2) is 0 Å². The first kappa shape index (κ1) is 23.9.